The molecule has 1 N–H and O–H groups in total. The number of nitrogens with one attached hydrogen (secondary N) is 1. The number of hydrogen-bond acceptors (Lipinski definition) is 3. The highest BCUT2D eigenvalue weighted by molar-refractivity contribution is 7.80. The summed E-state index contributed by atoms with van der Waals surface area (Å²) in [7, 11) is 0. The van der Waals surface area contributed by atoms with Crippen molar-refractivity contribution in [3.05, 3.63) is 57.9 Å². The number of thiophene rings is 1. The van der Waals surface area contributed by atoms with Gasteiger partial charge in [0.05, 0.1) is 5.69 Å². The van der Waals surface area contributed by atoms with Gasteiger partial charge in [0.15, 0.2) is 5.11 Å². The Labute approximate surface area is 132 Å². The van der Waals surface area contributed by atoms with Crippen LogP contribution in [0.1, 0.15) is 18.1 Å². The number of aryl methyl sites for hydroxylation is 1. The Morgan fingerprint density at radius 2 is 2.24 bits per heavy atom. The van der Waals surface area contributed by atoms with Gasteiger partial charge in [0.25, 0.3) is 5.91 Å². The van der Waals surface area contributed by atoms with Crippen LogP contribution in [0.15, 0.2) is 46.8 Å². The number of carbonyl (C=O) groups is 1. The minimum absolute atomic E-state index is 0.112. The minimum atomic E-state index is -0.112. The average molecular weight is 314 g/mol. The molecule has 0 unspecified atom stereocenters. The van der Waals surface area contributed by atoms with Gasteiger partial charge in [-0.15, -0.1) is 0 Å². The summed E-state index contributed by atoms with van der Waals surface area (Å²) in [6.45, 7) is 2.09. The van der Waals surface area contributed by atoms with E-state index < -0.39 is 0 Å². The fraction of sp³-hybridized carbons (Fsp3) is 0.125. The van der Waals surface area contributed by atoms with Crippen LogP contribution in [0.5, 0.6) is 0 Å². The first kappa shape index (κ1) is 14.0. The van der Waals surface area contributed by atoms with E-state index in [1.807, 2.05) is 47.2 Å². The second kappa shape index (κ2) is 5.79. The normalized spacial score (nSPS) is 16.6. The van der Waals surface area contributed by atoms with Gasteiger partial charge in [0.1, 0.15) is 5.70 Å². The molecule has 0 bridgehead atoms. The van der Waals surface area contributed by atoms with Crippen LogP contribution < -0.4 is 10.2 Å². The number of amides is 1. The highest BCUT2D eigenvalue weighted by Gasteiger charge is 2.31. The van der Waals surface area contributed by atoms with Gasteiger partial charge in [-0.1, -0.05) is 19.1 Å². The molecule has 3 nitrogen and oxygen atoms in total. The molecule has 0 aliphatic carbocycles. The minimum Gasteiger partial charge on any atom is -0.327 e. The van der Waals surface area contributed by atoms with Crippen molar-refractivity contribution in [1.82, 2.24) is 5.32 Å². The van der Waals surface area contributed by atoms with Gasteiger partial charge in [-0.25, -0.2) is 0 Å². The van der Waals surface area contributed by atoms with Crippen LogP contribution in [0.2, 0.25) is 0 Å². The van der Waals surface area contributed by atoms with Crippen molar-refractivity contribution in [3.63, 3.8) is 0 Å². The summed E-state index contributed by atoms with van der Waals surface area (Å²) in [6, 6.07) is 9.86. The highest BCUT2D eigenvalue weighted by atomic mass is 32.1. The largest absolute Gasteiger partial charge is 0.327 e. The summed E-state index contributed by atoms with van der Waals surface area (Å²) in [6.07, 6.45) is 2.75. The number of carbonyl (C=O) groups excluding carboxylic acids is 1. The van der Waals surface area contributed by atoms with Crippen LogP contribution in [-0.4, -0.2) is 11.0 Å². The molecule has 0 radical (unpaired) electrons. The predicted molar refractivity (Wildman–Crippen MR) is 91.3 cm³/mol. The van der Waals surface area contributed by atoms with E-state index >= 15 is 0 Å². The summed E-state index contributed by atoms with van der Waals surface area (Å²) >= 11 is 6.90. The van der Waals surface area contributed by atoms with Crippen molar-refractivity contribution in [2.45, 2.75) is 13.3 Å². The Kier molecular flexibility index (Phi) is 3.86. The molecule has 1 aromatic carbocycles. The first-order valence-electron chi connectivity index (χ1n) is 6.67. The lowest BCUT2D eigenvalue weighted by Crippen LogP contribution is -2.30. The van der Waals surface area contributed by atoms with Crippen molar-refractivity contribution >= 4 is 46.3 Å². The van der Waals surface area contributed by atoms with Crippen molar-refractivity contribution in [1.29, 1.82) is 0 Å². The fourth-order valence-corrected chi connectivity index (χ4v) is 3.13. The molecule has 5 heteroatoms. The molecule has 1 amide bonds. The molecule has 1 fully saturated rings. The fourth-order valence-electron chi connectivity index (χ4n) is 2.21. The van der Waals surface area contributed by atoms with Gasteiger partial charge in [-0.05, 0) is 64.8 Å². The maximum absolute atomic E-state index is 12.6. The first-order chi connectivity index (χ1) is 10.2. The molecule has 106 valence electrons. The lowest BCUT2D eigenvalue weighted by atomic mass is 10.1. The van der Waals surface area contributed by atoms with Gasteiger partial charge < -0.3 is 5.32 Å². The van der Waals surface area contributed by atoms with Crippen LogP contribution in [-0.2, 0) is 11.2 Å². The lowest BCUT2D eigenvalue weighted by molar-refractivity contribution is -0.113. The molecule has 2 heterocycles. The van der Waals surface area contributed by atoms with Crippen molar-refractivity contribution < 1.29 is 4.79 Å². The average Bonchev–Trinajstić information content (AvgIpc) is 3.08. The van der Waals surface area contributed by atoms with Gasteiger partial charge in [0.2, 0.25) is 0 Å². The van der Waals surface area contributed by atoms with E-state index in [9.17, 15) is 4.79 Å². The van der Waals surface area contributed by atoms with E-state index in [-0.39, 0.29) is 5.91 Å². The zero-order valence-corrected chi connectivity index (χ0v) is 13.1. The van der Waals surface area contributed by atoms with Crippen LogP contribution in [0.4, 0.5) is 5.69 Å². The zero-order valence-electron chi connectivity index (χ0n) is 11.5. The third kappa shape index (κ3) is 2.75. The van der Waals surface area contributed by atoms with Crippen molar-refractivity contribution in [3.8, 4) is 0 Å². The summed E-state index contributed by atoms with van der Waals surface area (Å²) in [5, 5.41) is 7.40. The molecule has 0 saturated carbocycles. The maximum Gasteiger partial charge on any atom is 0.281 e. The van der Waals surface area contributed by atoms with Crippen LogP contribution in [0.3, 0.4) is 0 Å². The number of anilines is 1. The zero-order chi connectivity index (χ0) is 14.8. The van der Waals surface area contributed by atoms with Crippen molar-refractivity contribution in [2.24, 2.45) is 0 Å². The Morgan fingerprint density at radius 1 is 1.38 bits per heavy atom. The molecule has 1 saturated heterocycles. The van der Waals surface area contributed by atoms with Gasteiger partial charge in [0, 0.05) is 0 Å². The second-order valence-corrected chi connectivity index (χ2v) is 5.88. The Hall–Kier alpha value is -1.98. The molecular formula is C16H14N2OS2. The van der Waals surface area contributed by atoms with E-state index in [1.165, 1.54) is 5.56 Å². The molecule has 0 atom stereocenters. The Balaban J connectivity index is 1.93. The van der Waals surface area contributed by atoms with E-state index in [1.54, 1.807) is 16.2 Å². The molecule has 1 aromatic heterocycles. The summed E-state index contributed by atoms with van der Waals surface area (Å²) in [5.74, 6) is -0.112. The lowest BCUT2D eigenvalue weighted by Gasteiger charge is -2.14. The van der Waals surface area contributed by atoms with E-state index in [0.717, 1.165) is 17.7 Å². The molecule has 3 rings (SSSR count). The van der Waals surface area contributed by atoms with Gasteiger partial charge in [-0.2, -0.15) is 11.3 Å². The number of nitrogens with zero attached hydrogens (tertiary/aromatic N) is 1. The quantitative estimate of drug-likeness (QED) is 0.694. The molecule has 1 aliphatic heterocycles. The molecular weight excluding hydrogens is 300 g/mol. The molecule has 21 heavy (non-hydrogen) atoms. The monoisotopic (exact) mass is 314 g/mol. The van der Waals surface area contributed by atoms with E-state index in [4.69, 9.17) is 12.2 Å². The van der Waals surface area contributed by atoms with E-state index in [2.05, 4.69) is 12.2 Å². The van der Waals surface area contributed by atoms with E-state index in [0.29, 0.717) is 10.8 Å². The highest BCUT2D eigenvalue weighted by Crippen LogP contribution is 2.24. The summed E-state index contributed by atoms with van der Waals surface area (Å²) in [5.41, 5.74) is 3.51. The number of thiocarbonyl (C=S) groups is 1. The Morgan fingerprint density at radius 3 is 2.95 bits per heavy atom. The first-order valence-corrected chi connectivity index (χ1v) is 8.02. The topological polar surface area (TPSA) is 32.3 Å². The third-order valence-electron chi connectivity index (χ3n) is 3.31. The smallest absolute Gasteiger partial charge is 0.281 e. The number of rotatable bonds is 3. The van der Waals surface area contributed by atoms with Crippen LogP contribution in [0, 0.1) is 0 Å². The Bertz CT molecular complexity index is 720. The van der Waals surface area contributed by atoms with Gasteiger partial charge >= 0.3 is 0 Å². The molecule has 2 aromatic rings. The summed E-state index contributed by atoms with van der Waals surface area (Å²) in [4.78, 5) is 14.1. The third-order valence-corrected chi connectivity index (χ3v) is 4.30. The second-order valence-electron chi connectivity index (χ2n) is 4.71. The maximum atomic E-state index is 12.6. The standard InChI is InChI=1S/C16H14N2OS2/c1-2-11-4-3-5-13(8-11)18-15(19)14(17-16(18)20)9-12-6-7-21-10-12/h3-10H,2H2,1H3,(H,17,20)/b14-9+. The summed E-state index contributed by atoms with van der Waals surface area (Å²) < 4.78 is 0. The SMILES string of the molecule is CCc1cccc(N2C(=O)/C(=C\c3ccsc3)NC2=S)c1. The van der Waals surface area contributed by atoms with Crippen molar-refractivity contribution in [2.75, 3.05) is 4.90 Å². The molecule has 0 spiro atoms. The molecule has 1 aliphatic rings. The number of hydrogen-bond donors (Lipinski definition) is 1. The van der Waals surface area contributed by atoms with Crippen LogP contribution >= 0.6 is 23.6 Å². The van der Waals surface area contributed by atoms with Crippen LogP contribution in [0.25, 0.3) is 6.08 Å². The van der Waals surface area contributed by atoms with Gasteiger partial charge in [-0.3, -0.25) is 9.69 Å². The number of benzene rings is 1. The predicted octanol–water partition coefficient (Wildman–Crippen LogP) is 3.57.